The fourth-order valence-corrected chi connectivity index (χ4v) is 1.19. The number of hydrogen-bond acceptors (Lipinski definition) is 5. The van der Waals surface area contributed by atoms with E-state index < -0.39 is 0 Å². The summed E-state index contributed by atoms with van der Waals surface area (Å²) in [5.74, 6) is 0.772. The second kappa shape index (κ2) is 4.43. The van der Waals surface area contributed by atoms with Crippen molar-refractivity contribution in [1.29, 1.82) is 0 Å². The molecular weight excluding hydrogens is 210 g/mol. The van der Waals surface area contributed by atoms with E-state index in [0.717, 1.165) is 5.82 Å². The standard InChI is InChI=1S/C8H11N7O/c9-6-3-5(13-14-6)8(16)10-2-1-7-11-4-12-15-7/h3-4H,1-2H2,(H,10,16)(H3,9,13,14)(H,11,12,15). The van der Waals surface area contributed by atoms with E-state index in [-0.39, 0.29) is 5.91 Å². The molecule has 0 fully saturated rings. The third-order valence-electron chi connectivity index (χ3n) is 1.95. The second-order valence-corrected chi connectivity index (χ2v) is 3.14. The molecule has 5 N–H and O–H groups in total. The van der Waals surface area contributed by atoms with Crippen LogP contribution >= 0.6 is 0 Å². The summed E-state index contributed by atoms with van der Waals surface area (Å²) in [4.78, 5) is 15.4. The number of carbonyl (C=O) groups excluding carboxylic acids is 1. The first-order chi connectivity index (χ1) is 7.75. The number of amides is 1. The van der Waals surface area contributed by atoms with Crippen molar-refractivity contribution < 1.29 is 4.79 Å². The molecule has 2 aromatic rings. The van der Waals surface area contributed by atoms with Gasteiger partial charge in [-0.2, -0.15) is 10.2 Å². The quantitative estimate of drug-likeness (QED) is 0.531. The van der Waals surface area contributed by atoms with Gasteiger partial charge in [-0.15, -0.1) is 0 Å². The Labute approximate surface area is 90.6 Å². The molecule has 1 amide bonds. The number of aromatic nitrogens is 5. The fourth-order valence-electron chi connectivity index (χ4n) is 1.19. The van der Waals surface area contributed by atoms with E-state index in [1.165, 1.54) is 12.4 Å². The van der Waals surface area contributed by atoms with Gasteiger partial charge in [0.25, 0.3) is 5.91 Å². The van der Waals surface area contributed by atoms with E-state index in [0.29, 0.717) is 24.5 Å². The number of aromatic amines is 2. The molecular formula is C8H11N7O. The van der Waals surface area contributed by atoms with Crippen molar-refractivity contribution in [3.63, 3.8) is 0 Å². The van der Waals surface area contributed by atoms with Crippen LogP contribution in [-0.2, 0) is 6.42 Å². The Morgan fingerprint density at radius 2 is 2.38 bits per heavy atom. The van der Waals surface area contributed by atoms with Crippen molar-refractivity contribution in [2.45, 2.75) is 6.42 Å². The normalized spacial score (nSPS) is 10.2. The molecule has 8 nitrogen and oxygen atoms in total. The SMILES string of the molecule is Nc1cc(C(=O)NCCc2ncn[nH]2)[nH]n1. The summed E-state index contributed by atoms with van der Waals surface area (Å²) in [5, 5.41) is 15.3. The largest absolute Gasteiger partial charge is 0.382 e. The lowest BCUT2D eigenvalue weighted by Crippen LogP contribution is -2.26. The number of H-pyrrole nitrogens is 2. The van der Waals surface area contributed by atoms with Gasteiger partial charge in [0.05, 0.1) is 0 Å². The van der Waals surface area contributed by atoms with Crippen molar-refractivity contribution in [2.24, 2.45) is 0 Å². The van der Waals surface area contributed by atoms with Crippen LogP contribution in [-0.4, -0.2) is 37.8 Å². The average Bonchev–Trinajstić information content (AvgIpc) is 2.89. The summed E-state index contributed by atoms with van der Waals surface area (Å²) in [6.07, 6.45) is 2.02. The molecule has 0 bridgehead atoms. The summed E-state index contributed by atoms with van der Waals surface area (Å²) in [5.41, 5.74) is 5.72. The van der Waals surface area contributed by atoms with Crippen LogP contribution in [0.4, 0.5) is 5.82 Å². The molecule has 0 saturated heterocycles. The summed E-state index contributed by atoms with van der Waals surface area (Å²) < 4.78 is 0. The molecule has 84 valence electrons. The first kappa shape index (κ1) is 10.1. The second-order valence-electron chi connectivity index (χ2n) is 3.14. The number of hydrogen-bond donors (Lipinski definition) is 4. The molecule has 0 spiro atoms. The molecule has 0 aliphatic rings. The van der Waals surface area contributed by atoms with Gasteiger partial charge in [-0.3, -0.25) is 15.0 Å². The number of nitrogen functional groups attached to an aromatic ring is 1. The lowest BCUT2D eigenvalue weighted by Gasteiger charge is -2.00. The Morgan fingerprint density at radius 3 is 3.00 bits per heavy atom. The third kappa shape index (κ3) is 2.35. The summed E-state index contributed by atoms with van der Waals surface area (Å²) >= 11 is 0. The minimum Gasteiger partial charge on any atom is -0.382 e. The molecule has 2 rings (SSSR count). The summed E-state index contributed by atoms with van der Waals surface area (Å²) in [7, 11) is 0. The Hall–Kier alpha value is -2.38. The molecule has 2 heterocycles. The molecule has 16 heavy (non-hydrogen) atoms. The predicted octanol–water partition coefficient (Wildman–Crippen LogP) is -0.918. The van der Waals surface area contributed by atoms with Gasteiger partial charge in [0.1, 0.15) is 23.7 Å². The topological polar surface area (TPSA) is 125 Å². The molecule has 0 aromatic carbocycles. The average molecular weight is 221 g/mol. The third-order valence-corrected chi connectivity index (χ3v) is 1.95. The molecule has 0 radical (unpaired) electrons. The highest BCUT2D eigenvalue weighted by Crippen LogP contribution is 1.99. The van der Waals surface area contributed by atoms with Crippen LogP contribution < -0.4 is 11.1 Å². The number of nitrogens with one attached hydrogen (secondary N) is 3. The van der Waals surface area contributed by atoms with Gasteiger partial charge in [0.15, 0.2) is 0 Å². The number of carbonyl (C=O) groups is 1. The highest BCUT2D eigenvalue weighted by Gasteiger charge is 2.07. The van der Waals surface area contributed by atoms with E-state index in [2.05, 4.69) is 30.7 Å². The van der Waals surface area contributed by atoms with Crippen molar-refractivity contribution in [3.8, 4) is 0 Å². The smallest absolute Gasteiger partial charge is 0.269 e. The zero-order valence-corrected chi connectivity index (χ0v) is 8.40. The Bertz CT molecular complexity index is 460. The van der Waals surface area contributed by atoms with Crippen LogP contribution in [0.15, 0.2) is 12.4 Å². The van der Waals surface area contributed by atoms with Gasteiger partial charge in [-0.1, -0.05) is 0 Å². The van der Waals surface area contributed by atoms with E-state index in [9.17, 15) is 4.79 Å². The zero-order valence-electron chi connectivity index (χ0n) is 8.40. The van der Waals surface area contributed by atoms with Gasteiger partial charge in [-0.25, -0.2) is 4.98 Å². The van der Waals surface area contributed by atoms with Crippen LogP contribution in [0.25, 0.3) is 0 Å². The Morgan fingerprint density at radius 1 is 1.50 bits per heavy atom. The summed E-state index contributed by atoms with van der Waals surface area (Å²) in [6.45, 7) is 0.465. The maximum atomic E-state index is 11.5. The van der Waals surface area contributed by atoms with Gasteiger partial charge in [0.2, 0.25) is 0 Å². The van der Waals surface area contributed by atoms with Gasteiger partial charge < -0.3 is 11.1 Å². The van der Waals surface area contributed by atoms with Crippen LogP contribution in [0.1, 0.15) is 16.3 Å². The first-order valence-electron chi connectivity index (χ1n) is 4.69. The molecule has 0 aliphatic carbocycles. The molecule has 0 saturated carbocycles. The van der Waals surface area contributed by atoms with Crippen molar-refractivity contribution >= 4 is 11.7 Å². The molecule has 2 aromatic heterocycles. The highest BCUT2D eigenvalue weighted by molar-refractivity contribution is 5.92. The number of rotatable bonds is 4. The van der Waals surface area contributed by atoms with E-state index in [4.69, 9.17) is 5.73 Å². The maximum Gasteiger partial charge on any atom is 0.269 e. The van der Waals surface area contributed by atoms with Gasteiger partial charge in [0, 0.05) is 19.0 Å². The van der Waals surface area contributed by atoms with Gasteiger partial charge in [-0.05, 0) is 0 Å². The Kier molecular flexibility index (Phi) is 2.81. The molecule has 0 unspecified atom stereocenters. The minimum atomic E-state index is -0.247. The fraction of sp³-hybridized carbons (Fsp3) is 0.250. The minimum absolute atomic E-state index is 0.247. The zero-order chi connectivity index (χ0) is 11.4. The van der Waals surface area contributed by atoms with Gasteiger partial charge >= 0.3 is 0 Å². The highest BCUT2D eigenvalue weighted by atomic mass is 16.1. The summed E-state index contributed by atoms with van der Waals surface area (Å²) in [6, 6.07) is 1.48. The van der Waals surface area contributed by atoms with Crippen LogP contribution in [0, 0.1) is 0 Å². The molecule has 0 atom stereocenters. The van der Waals surface area contributed by atoms with Crippen molar-refractivity contribution in [2.75, 3.05) is 12.3 Å². The first-order valence-corrected chi connectivity index (χ1v) is 4.69. The van der Waals surface area contributed by atoms with E-state index in [1.54, 1.807) is 0 Å². The van der Waals surface area contributed by atoms with Crippen LogP contribution in [0.5, 0.6) is 0 Å². The van der Waals surface area contributed by atoms with E-state index in [1.807, 2.05) is 0 Å². The number of nitrogens with two attached hydrogens (primary N) is 1. The number of nitrogens with zero attached hydrogens (tertiary/aromatic N) is 3. The monoisotopic (exact) mass is 221 g/mol. The van der Waals surface area contributed by atoms with Crippen LogP contribution in [0.3, 0.4) is 0 Å². The van der Waals surface area contributed by atoms with Crippen LogP contribution in [0.2, 0.25) is 0 Å². The van der Waals surface area contributed by atoms with Crippen molar-refractivity contribution in [1.82, 2.24) is 30.7 Å². The molecule has 0 aliphatic heterocycles. The lowest BCUT2D eigenvalue weighted by atomic mass is 10.3. The van der Waals surface area contributed by atoms with E-state index >= 15 is 0 Å². The van der Waals surface area contributed by atoms with Crippen molar-refractivity contribution in [3.05, 3.63) is 23.9 Å². The lowest BCUT2D eigenvalue weighted by molar-refractivity contribution is 0.0949. The molecule has 8 heteroatoms. The number of anilines is 1. The Balaban J connectivity index is 1.80. The maximum absolute atomic E-state index is 11.5. The predicted molar refractivity (Wildman–Crippen MR) is 55.4 cm³/mol.